The Morgan fingerprint density at radius 1 is 1.04 bits per heavy atom. The van der Waals surface area contributed by atoms with E-state index in [1.807, 2.05) is 36.4 Å². The van der Waals surface area contributed by atoms with Crippen molar-refractivity contribution in [1.29, 1.82) is 0 Å². The van der Waals surface area contributed by atoms with Gasteiger partial charge in [-0.3, -0.25) is 4.79 Å². The van der Waals surface area contributed by atoms with E-state index in [4.69, 9.17) is 0 Å². The molecule has 1 atom stereocenters. The largest absolute Gasteiger partial charge is 0.381 e. The number of rotatable bonds is 8. The highest BCUT2D eigenvalue weighted by Crippen LogP contribution is 2.31. The fraction of sp³-hybridized carbons (Fsp3) is 0.318. The lowest BCUT2D eigenvalue weighted by Crippen LogP contribution is -2.34. The van der Waals surface area contributed by atoms with Gasteiger partial charge in [0.15, 0.2) is 0 Å². The Hall–Kier alpha value is -2.79. The van der Waals surface area contributed by atoms with Crippen LogP contribution in [0.1, 0.15) is 26.3 Å². The first-order valence-corrected chi connectivity index (χ1v) is 9.57. The number of para-hydroxylation sites is 1. The second-order valence-electron chi connectivity index (χ2n) is 6.81. The molecule has 3 rings (SSSR count). The van der Waals surface area contributed by atoms with E-state index in [0.717, 1.165) is 42.3 Å². The van der Waals surface area contributed by atoms with Crippen molar-refractivity contribution in [3.63, 3.8) is 0 Å². The van der Waals surface area contributed by atoms with Gasteiger partial charge >= 0.3 is 0 Å². The van der Waals surface area contributed by atoms with E-state index < -0.39 is 0 Å². The van der Waals surface area contributed by atoms with Crippen LogP contribution in [0.5, 0.6) is 0 Å². The summed E-state index contributed by atoms with van der Waals surface area (Å²) in [5, 5.41) is 9.64. The van der Waals surface area contributed by atoms with Crippen molar-refractivity contribution in [3.8, 4) is 0 Å². The first kappa shape index (κ1) is 19.0. The standard InChI is InChI=1S/C22H28N4O/c1-4-26(5-2)15-16(3)24-18-12-10-17(11-13-18)23-14-20-19-8-6-7-9-21(19)25-22(20)27/h6-14,16,23-24H,4-5,15H2,1-3H3,(H,25,27)/b20-14+. The minimum absolute atomic E-state index is 0.0767. The maximum absolute atomic E-state index is 12.1. The molecule has 1 amide bonds. The van der Waals surface area contributed by atoms with Crippen LogP contribution in [0.25, 0.3) is 5.57 Å². The molecule has 27 heavy (non-hydrogen) atoms. The molecule has 3 N–H and O–H groups in total. The molecule has 0 fully saturated rings. The van der Waals surface area contributed by atoms with Gasteiger partial charge in [0.1, 0.15) is 0 Å². The minimum atomic E-state index is -0.0767. The molecule has 5 nitrogen and oxygen atoms in total. The number of hydrogen-bond donors (Lipinski definition) is 3. The van der Waals surface area contributed by atoms with E-state index in [9.17, 15) is 4.79 Å². The van der Waals surface area contributed by atoms with Crippen LogP contribution in [0, 0.1) is 0 Å². The van der Waals surface area contributed by atoms with Crippen LogP contribution in [-0.4, -0.2) is 36.5 Å². The molecule has 2 aromatic carbocycles. The molecule has 0 aliphatic carbocycles. The number of hydrogen-bond acceptors (Lipinski definition) is 4. The monoisotopic (exact) mass is 364 g/mol. The number of anilines is 3. The summed E-state index contributed by atoms with van der Waals surface area (Å²) in [4.78, 5) is 14.5. The first-order valence-electron chi connectivity index (χ1n) is 9.57. The number of carbonyl (C=O) groups is 1. The second kappa shape index (κ2) is 8.73. The van der Waals surface area contributed by atoms with Crippen molar-refractivity contribution in [2.24, 2.45) is 0 Å². The van der Waals surface area contributed by atoms with Crippen LogP contribution in [0.4, 0.5) is 17.1 Å². The summed E-state index contributed by atoms with van der Waals surface area (Å²) >= 11 is 0. The molecular weight excluding hydrogens is 336 g/mol. The van der Waals surface area contributed by atoms with Crippen LogP contribution in [0.2, 0.25) is 0 Å². The quantitative estimate of drug-likeness (QED) is 0.614. The van der Waals surface area contributed by atoms with E-state index in [1.165, 1.54) is 0 Å². The van der Waals surface area contributed by atoms with E-state index in [-0.39, 0.29) is 5.91 Å². The molecule has 2 aromatic rings. The third-order valence-corrected chi connectivity index (χ3v) is 4.82. The van der Waals surface area contributed by atoms with Gasteiger partial charge in [0, 0.05) is 41.4 Å². The lowest BCUT2D eigenvalue weighted by atomic mass is 10.1. The minimum Gasteiger partial charge on any atom is -0.381 e. The van der Waals surface area contributed by atoms with Crippen molar-refractivity contribution >= 4 is 28.5 Å². The molecular formula is C22H28N4O. The van der Waals surface area contributed by atoms with Gasteiger partial charge in [0.2, 0.25) is 0 Å². The predicted molar refractivity (Wildman–Crippen MR) is 114 cm³/mol. The van der Waals surface area contributed by atoms with Crippen LogP contribution in [0.3, 0.4) is 0 Å². The predicted octanol–water partition coefficient (Wildman–Crippen LogP) is 4.23. The molecule has 0 saturated heterocycles. The molecule has 0 aromatic heterocycles. The zero-order valence-electron chi connectivity index (χ0n) is 16.3. The molecule has 1 aliphatic heterocycles. The Balaban J connectivity index is 1.61. The van der Waals surface area contributed by atoms with Gasteiger partial charge in [-0.1, -0.05) is 32.0 Å². The Bertz CT molecular complexity index is 809. The summed E-state index contributed by atoms with van der Waals surface area (Å²) in [6, 6.07) is 16.2. The van der Waals surface area contributed by atoms with Gasteiger partial charge in [-0.25, -0.2) is 0 Å². The average molecular weight is 364 g/mol. The van der Waals surface area contributed by atoms with Crippen molar-refractivity contribution in [2.75, 3.05) is 35.6 Å². The number of amides is 1. The van der Waals surface area contributed by atoms with E-state index in [1.54, 1.807) is 6.20 Å². The number of benzene rings is 2. The van der Waals surface area contributed by atoms with Crippen molar-refractivity contribution in [3.05, 3.63) is 60.3 Å². The van der Waals surface area contributed by atoms with Crippen molar-refractivity contribution < 1.29 is 4.79 Å². The zero-order chi connectivity index (χ0) is 19.2. The average Bonchev–Trinajstić information content (AvgIpc) is 3.00. The molecule has 0 radical (unpaired) electrons. The molecule has 1 aliphatic rings. The van der Waals surface area contributed by atoms with Crippen LogP contribution >= 0.6 is 0 Å². The smallest absolute Gasteiger partial charge is 0.257 e. The first-order chi connectivity index (χ1) is 13.1. The molecule has 142 valence electrons. The van der Waals surface area contributed by atoms with Crippen LogP contribution < -0.4 is 16.0 Å². The molecule has 1 unspecified atom stereocenters. The van der Waals surface area contributed by atoms with Gasteiger partial charge < -0.3 is 20.9 Å². The van der Waals surface area contributed by atoms with Crippen molar-refractivity contribution in [1.82, 2.24) is 4.90 Å². The fourth-order valence-corrected chi connectivity index (χ4v) is 3.30. The lowest BCUT2D eigenvalue weighted by molar-refractivity contribution is -0.110. The maximum Gasteiger partial charge on any atom is 0.257 e. The number of fused-ring (bicyclic) bond motifs is 1. The summed E-state index contributed by atoms with van der Waals surface area (Å²) in [6.07, 6.45) is 1.77. The van der Waals surface area contributed by atoms with Gasteiger partial charge in [-0.05, 0) is 50.3 Å². The van der Waals surface area contributed by atoms with E-state index >= 15 is 0 Å². The molecule has 1 heterocycles. The van der Waals surface area contributed by atoms with Gasteiger partial charge in [-0.2, -0.15) is 0 Å². The molecule has 0 spiro atoms. The van der Waals surface area contributed by atoms with Gasteiger partial charge in [-0.15, -0.1) is 0 Å². The summed E-state index contributed by atoms with van der Waals surface area (Å²) in [7, 11) is 0. The van der Waals surface area contributed by atoms with Crippen LogP contribution in [-0.2, 0) is 4.79 Å². The highest BCUT2D eigenvalue weighted by Gasteiger charge is 2.23. The van der Waals surface area contributed by atoms with E-state index in [0.29, 0.717) is 11.6 Å². The Kier molecular flexibility index (Phi) is 6.14. The fourth-order valence-electron chi connectivity index (χ4n) is 3.30. The molecule has 0 bridgehead atoms. The Labute approximate surface area is 161 Å². The molecule has 0 saturated carbocycles. The van der Waals surface area contributed by atoms with Crippen LogP contribution in [0.15, 0.2) is 54.7 Å². The zero-order valence-corrected chi connectivity index (χ0v) is 16.3. The highest BCUT2D eigenvalue weighted by atomic mass is 16.2. The topological polar surface area (TPSA) is 56.4 Å². The molecule has 5 heteroatoms. The summed E-state index contributed by atoms with van der Waals surface area (Å²) in [6.45, 7) is 9.73. The number of likely N-dealkylation sites (N-methyl/N-ethyl adjacent to an activating group) is 1. The normalized spacial score (nSPS) is 15.6. The number of nitrogens with zero attached hydrogens (tertiary/aromatic N) is 1. The summed E-state index contributed by atoms with van der Waals surface area (Å²) < 4.78 is 0. The third kappa shape index (κ3) is 4.68. The lowest BCUT2D eigenvalue weighted by Gasteiger charge is -2.24. The highest BCUT2D eigenvalue weighted by molar-refractivity contribution is 6.31. The number of carbonyl (C=O) groups excluding carboxylic acids is 1. The summed E-state index contributed by atoms with van der Waals surface area (Å²) in [5.41, 5.74) is 4.48. The van der Waals surface area contributed by atoms with Crippen molar-refractivity contribution in [2.45, 2.75) is 26.8 Å². The SMILES string of the molecule is CCN(CC)CC(C)Nc1ccc(N/C=C2/C(=O)Nc3ccccc32)cc1. The summed E-state index contributed by atoms with van der Waals surface area (Å²) in [5.74, 6) is -0.0767. The number of nitrogens with one attached hydrogen (secondary N) is 3. The third-order valence-electron chi connectivity index (χ3n) is 4.82. The second-order valence-corrected chi connectivity index (χ2v) is 6.81. The van der Waals surface area contributed by atoms with Gasteiger partial charge in [0.25, 0.3) is 5.91 Å². The Morgan fingerprint density at radius 2 is 1.70 bits per heavy atom. The Morgan fingerprint density at radius 3 is 2.41 bits per heavy atom. The van der Waals surface area contributed by atoms with E-state index in [2.05, 4.69) is 53.8 Å². The van der Waals surface area contributed by atoms with Gasteiger partial charge in [0.05, 0.1) is 5.57 Å². The maximum atomic E-state index is 12.1.